The molecule has 26 heavy (non-hydrogen) atoms. The van der Waals surface area contributed by atoms with Crippen LogP contribution in [-0.2, 0) is 6.54 Å². The van der Waals surface area contributed by atoms with E-state index in [1.54, 1.807) is 0 Å². The van der Waals surface area contributed by atoms with Gasteiger partial charge in [-0.3, -0.25) is 9.48 Å². The zero-order valence-corrected chi connectivity index (χ0v) is 15.4. The third kappa shape index (κ3) is 3.90. The molecule has 0 unspecified atom stereocenters. The van der Waals surface area contributed by atoms with Gasteiger partial charge in [-0.05, 0) is 44.2 Å². The molecule has 0 saturated heterocycles. The molecule has 136 valence electrons. The van der Waals surface area contributed by atoms with E-state index in [9.17, 15) is 4.79 Å². The van der Waals surface area contributed by atoms with Crippen molar-refractivity contribution < 1.29 is 9.32 Å². The van der Waals surface area contributed by atoms with Crippen LogP contribution in [0.2, 0.25) is 0 Å². The Labute approximate surface area is 151 Å². The van der Waals surface area contributed by atoms with E-state index in [1.807, 2.05) is 67.9 Å². The average molecular weight is 354 g/mol. The van der Waals surface area contributed by atoms with Crippen LogP contribution in [0.3, 0.4) is 0 Å². The molecule has 0 saturated carbocycles. The molecule has 8 heteroatoms. The summed E-state index contributed by atoms with van der Waals surface area (Å²) in [4.78, 5) is 18.3. The Morgan fingerprint density at radius 1 is 1.23 bits per heavy atom. The number of nitrogens with zero attached hydrogens (tertiary/aromatic N) is 5. The number of amides is 1. The van der Waals surface area contributed by atoms with Crippen LogP contribution in [0.1, 0.15) is 22.1 Å². The molecule has 3 aromatic rings. The molecule has 0 fully saturated rings. The molecule has 0 radical (unpaired) electrons. The van der Waals surface area contributed by atoms with Crippen LogP contribution in [0.25, 0.3) is 11.4 Å². The quantitative estimate of drug-likeness (QED) is 0.729. The standard InChI is InChI=1S/C18H22N6O2/c1-12-11-13(2)24(21-12)10-9-19-17(25)18-20-16(22-26-18)14-5-7-15(8-6-14)23(3)4/h5-8,11H,9-10H2,1-4H3,(H,19,25). The fraction of sp³-hybridized carbons (Fsp3) is 0.333. The maximum absolute atomic E-state index is 12.2. The summed E-state index contributed by atoms with van der Waals surface area (Å²) in [6.45, 7) is 4.93. The lowest BCUT2D eigenvalue weighted by atomic mass is 10.2. The van der Waals surface area contributed by atoms with Gasteiger partial charge in [0.05, 0.1) is 12.2 Å². The lowest BCUT2D eigenvalue weighted by Crippen LogP contribution is -2.28. The maximum Gasteiger partial charge on any atom is 0.316 e. The fourth-order valence-corrected chi connectivity index (χ4v) is 2.59. The highest BCUT2D eigenvalue weighted by molar-refractivity contribution is 5.89. The summed E-state index contributed by atoms with van der Waals surface area (Å²) in [6.07, 6.45) is 0. The van der Waals surface area contributed by atoms with Gasteiger partial charge in [0.2, 0.25) is 5.82 Å². The minimum Gasteiger partial charge on any atom is -0.378 e. The SMILES string of the molecule is Cc1cc(C)n(CCNC(=O)c2nc(-c3ccc(N(C)C)cc3)no2)n1. The Balaban J connectivity index is 1.60. The van der Waals surface area contributed by atoms with Crippen LogP contribution in [0.5, 0.6) is 0 Å². The van der Waals surface area contributed by atoms with E-state index in [-0.39, 0.29) is 5.89 Å². The molecule has 0 aliphatic rings. The van der Waals surface area contributed by atoms with Gasteiger partial charge in [0.1, 0.15) is 0 Å². The Hall–Kier alpha value is -3.16. The van der Waals surface area contributed by atoms with E-state index < -0.39 is 5.91 Å². The molecule has 2 heterocycles. The summed E-state index contributed by atoms with van der Waals surface area (Å²) in [6, 6.07) is 9.70. The molecule has 3 rings (SSSR count). The van der Waals surface area contributed by atoms with Crippen LogP contribution in [0.4, 0.5) is 5.69 Å². The van der Waals surface area contributed by atoms with Crippen LogP contribution in [-0.4, -0.2) is 46.5 Å². The van der Waals surface area contributed by atoms with Crippen molar-refractivity contribution in [1.29, 1.82) is 0 Å². The predicted octanol–water partition coefficient (Wildman–Crippen LogP) is 2.05. The van der Waals surface area contributed by atoms with Gasteiger partial charge in [-0.1, -0.05) is 5.16 Å². The number of nitrogens with one attached hydrogen (secondary N) is 1. The summed E-state index contributed by atoms with van der Waals surface area (Å²) < 4.78 is 6.93. The van der Waals surface area contributed by atoms with Crippen molar-refractivity contribution in [3.63, 3.8) is 0 Å². The number of carbonyl (C=O) groups is 1. The molecule has 1 amide bonds. The highest BCUT2D eigenvalue weighted by atomic mass is 16.5. The molecular weight excluding hydrogens is 332 g/mol. The molecule has 0 bridgehead atoms. The molecule has 0 aliphatic carbocycles. The van der Waals surface area contributed by atoms with Crippen molar-refractivity contribution in [2.45, 2.75) is 20.4 Å². The first-order valence-electron chi connectivity index (χ1n) is 8.35. The first-order chi connectivity index (χ1) is 12.4. The normalized spacial score (nSPS) is 10.8. The van der Waals surface area contributed by atoms with E-state index in [2.05, 4.69) is 20.6 Å². The van der Waals surface area contributed by atoms with E-state index >= 15 is 0 Å². The number of rotatable bonds is 6. The maximum atomic E-state index is 12.2. The number of carbonyl (C=O) groups excluding carboxylic acids is 1. The number of aromatic nitrogens is 4. The fourth-order valence-electron chi connectivity index (χ4n) is 2.59. The molecule has 0 atom stereocenters. The van der Waals surface area contributed by atoms with E-state index in [0.29, 0.717) is 18.9 Å². The molecule has 0 spiro atoms. The Morgan fingerprint density at radius 2 is 1.96 bits per heavy atom. The highest BCUT2D eigenvalue weighted by Crippen LogP contribution is 2.19. The third-order valence-electron chi connectivity index (χ3n) is 3.97. The van der Waals surface area contributed by atoms with Crippen molar-refractivity contribution in [2.75, 3.05) is 25.5 Å². The molecule has 0 aliphatic heterocycles. The van der Waals surface area contributed by atoms with Crippen LogP contribution in [0, 0.1) is 13.8 Å². The summed E-state index contributed by atoms with van der Waals surface area (Å²) >= 11 is 0. The Morgan fingerprint density at radius 3 is 2.58 bits per heavy atom. The molecule has 8 nitrogen and oxygen atoms in total. The zero-order valence-electron chi connectivity index (χ0n) is 15.4. The Bertz CT molecular complexity index is 895. The second kappa shape index (κ2) is 7.38. The van der Waals surface area contributed by atoms with E-state index in [1.165, 1.54) is 0 Å². The minimum atomic E-state index is -0.393. The number of benzene rings is 1. The second-order valence-corrected chi connectivity index (χ2v) is 6.27. The van der Waals surface area contributed by atoms with Gasteiger partial charge in [-0.25, -0.2) is 0 Å². The van der Waals surface area contributed by atoms with E-state index in [4.69, 9.17) is 4.52 Å². The van der Waals surface area contributed by atoms with Gasteiger partial charge in [-0.15, -0.1) is 0 Å². The van der Waals surface area contributed by atoms with Gasteiger partial charge in [-0.2, -0.15) is 10.1 Å². The largest absolute Gasteiger partial charge is 0.378 e. The van der Waals surface area contributed by atoms with Crippen molar-refractivity contribution >= 4 is 11.6 Å². The average Bonchev–Trinajstić information content (AvgIpc) is 3.22. The molecule has 1 N–H and O–H groups in total. The number of hydrogen-bond donors (Lipinski definition) is 1. The first kappa shape index (κ1) is 17.7. The van der Waals surface area contributed by atoms with Crippen molar-refractivity contribution in [2.24, 2.45) is 0 Å². The van der Waals surface area contributed by atoms with Crippen molar-refractivity contribution in [1.82, 2.24) is 25.2 Å². The third-order valence-corrected chi connectivity index (χ3v) is 3.97. The number of hydrogen-bond acceptors (Lipinski definition) is 6. The van der Waals surface area contributed by atoms with Crippen LogP contribution < -0.4 is 10.2 Å². The number of aryl methyl sites for hydroxylation is 2. The van der Waals surface area contributed by atoms with Gasteiger partial charge in [0, 0.05) is 37.6 Å². The Kier molecular flexibility index (Phi) is 5.01. The topological polar surface area (TPSA) is 89.1 Å². The molecule has 1 aromatic carbocycles. The van der Waals surface area contributed by atoms with Gasteiger partial charge in [0.15, 0.2) is 0 Å². The second-order valence-electron chi connectivity index (χ2n) is 6.27. The van der Waals surface area contributed by atoms with Crippen LogP contribution >= 0.6 is 0 Å². The smallest absolute Gasteiger partial charge is 0.316 e. The lowest BCUT2D eigenvalue weighted by Gasteiger charge is -2.11. The molecular formula is C18H22N6O2. The van der Waals surface area contributed by atoms with Crippen molar-refractivity contribution in [3.8, 4) is 11.4 Å². The minimum absolute atomic E-state index is 0.0509. The predicted molar refractivity (Wildman–Crippen MR) is 98.1 cm³/mol. The first-order valence-corrected chi connectivity index (χ1v) is 8.35. The summed E-state index contributed by atoms with van der Waals surface area (Å²) in [5.74, 6) is -0.0563. The van der Waals surface area contributed by atoms with Gasteiger partial charge >= 0.3 is 11.8 Å². The monoisotopic (exact) mass is 354 g/mol. The summed E-state index contributed by atoms with van der Waals surface area (Å²) in [5.41, 5.74) is 3.87. The summed E-state index contributed by atoms with van der Waals surface area (Å²) in [7, 11) is 3.94. The molecule has 2 aromatic heterocycles. The van der Waals surface area contributed by atoms with E-state index in [0.717, 1.165) is 22.6 Å². The lowest BCUT2D eigenvalue weighted by molar-refractivity contribution is 0.0908. The zero-order chi connectivity index (χ0) is 18.7. The van der Waals surface area contributed by atoms with Gasteiger partial charge in [0.25, 0.3) is 0 Å². The number of anilines is 1. The van der Waals surface area contributed by atoms with Crippen molar-refractivity contribution in [3.05, 3.63) is 47.6 Å². The van der Waals surface area contributed by atoms with Crippen LogP contribution in [0.15, 0.2) is 34.9 Å². The summed E-state index contributed by atoms with van der Waals surface area (Å²) in [5, 5.41) is 11.0. The highest BCUT2D eigenvalue weighted by Gasteiger charge is 2.16. The van der Waals surface area contributed by atoms with Gasteiger partial charge < -0.3 is 14.7 Å².